The van der Waals surface area contributed by atoms with E-state index in [1.165, 1.54) is 27.7 Å². The van der Waals surface area contributed by atoms with Gasteiger partial charge in [0, 0.05) is 45.0 Å². The summed E-state index contributed by atoms with van der Waals surface area (Å²) in [6.45, 7) is 6.12. The van der Waals surface area contributed by atoms with E-state index < -0.39 is 0 Å². The van der Waals surface area contributed by atoms with Crippen molar-refractivity contribution < 1.29 is 0 Å². The van der Waals surface area contributed by atoms with Crippen molar-refractivity contribution in [1.29, 1.82) is 0 Å². The van der Waals surface area contributed by atoms with Crippen molar-refractivity contribution in [2.24, 2.45) is 0 Å². The van der Waals surface area contributed by atoms with E-state index in [2.05, 4.69) is 211 Å². The van der Waals surface area contributed by atoms with Gasteiger partial charge < -0.3 is 9.47 Å². The van der Waals surface area contributed by atoms with E-state index in [9.17, 15) is 0 Å². The molecule has 9 aromatic rings. The van der Waals surface area contributed by atoms with Crippen LogP contribution in [0.3, 0.4) is 0 Å². The highest BCUT2D eigenvalue weighted by atomic mass is 15.1. The molecule has 0 N–H and O–H groups in total. The second-order valence-electron chi connectivity index (χ2n) is 15.3. The minimum absolute atomic E-state index is 0.859. The summed E-state index contributed by atoms with van der Waals surface area (Å²) in [7, 11) is 0. The molecule has 2 heterocycles. The van der Waals surface area contributed by atoms with E-state index >= 15 is 0 Å². The van der Waals surface area contributed by atoms with Gasteiger partial charge >= 0.3 is 0 Å². The van der Waals surface area contributed by atoms with E-state index in [4.69, 9.17) is 9.97 Å². The van der Waals surface area contributed by atoms with Crippen LogP contribution in [0.2, 0.25) is 0 Å². The first kappa shape index (κ1) is 41.3. The van der Waals surface area contributed by atoms with Crippen LogP contribution in [0.5, 0.6) is 0 Å². The van der Waals surface area contributed by atoms with E-state index in [-0.39, 0.29) is 0 Å². The lowest BCUT2D eigenvalue weighted by atomic mass is 10.0. The van der Waals surface area contributed by atoms with Crippen LogP contribution in [-0.2, 0) is 0 Å². The van der Waals surface area contributed by atoms with Crippen LogP contribution in [0.15, 0.2) is 242 Å². The van der Waals surface area contributed by atoms with Crippen LogP contribution in [0.4, 0.5) is 17.1 Å². The summed E-state index contributed by atoms with van der Waals surface area (Å²) in [6, 6.07) is 66.3. The molecule has 7 aromatic carbocycles. The molecule has 0 fully saturated rings. The number of para-hydroxylation sites is 3. The Kier molecular flexibility index (Phi) is 12.5. The molecular weight excluding hydrogens is 777 g/mol. The van der Waals surface area contributed by atoms with Crippen LogP contribution >= 0.6 is 0 Å². The normalized spacial score (nSPS) is 12.5. The van der Waals surface area contributed by atoms with Crippen molar-refractivity contribution in [2.75, 3.05) is 4.90 Å². The van der Waals surface area contributed by atoms with Crippen LogP contribution in [0, 0.1) is 0 Å². The van der Waals surface area contributed by atoms with Crippen molar-refractivity contribution in [3.63, 3.8) is 0 Å². The molecule has 0 bridgehead atoms. The van der Waals surface area contributed by atoms with Gasteiger partial charge in [0.15, 0.2) is 0 Å². The van der Waals surface area contributed by atoms with Gasteiger partial charge in [0.2, 0.25) is 0 Å². The van der Waals surface area contributed by atoms with Crippen LogP contribution < -0.4 is 4.90 Å². The summed E-state index contributed by atoms with van der Waals surface area (Å²) < 4.78 is 2.37. The third-order valence-corrected chi connectivity index (χ3v) is 11.4. The van der Waals surface area contributed by atoms with Crippen LogP contribution in [0.25, 0.3) is 67.3 Å². The molecule has 2 aromatic heterocycles. The summed E-state index contributed by atoms with van der Waals surface area (Å²) in [5, 5.41) is 1.19. The minimum atomic E-state index is 0.859. The van der Waals surface area contributed by atoms with Crippen molar-refractivity contribution in [3.05, 3.63) is 247 Å². The zero-order valence-corrected chi connectivity index (χ0v) is 36.5. The predicted octanol–water partition coefficient (Wildman–Crippen LogP) is 16.5. The number of allylic oxidation sites excluding steroid dienone is 9. The summed E-state index contributed by atoms with van der Waals surface area (Å²) in [6.07, 6.45) is 18.4. The summed E-state index contributed by atoms with van der Waals surface area (Å²) >= 11 is 0. The number of rotatable bonds is 10. The molecular formula is C60H50N4. The van der Waals surface area contributed by atoms with Gasteiger partial charge in [-0.25, -0.2) is 9.97 Å². The molecule has 4 heteroatoms. The quantitative estimate of drug-likeness (QED) is 0.129. The Morgan fingerprint density at radius 1 is 0.531 bits per heavy atom. The highest BCUT2D eigenvalue weighted by Crippen LogP contribution is 2.38. The molecule has 1 aliphatic carbocycles. The largest absolute Gasteiger partial charge is 0.311 e. The highest BCUT2D eigenvalue weighted by molar-refractivity contribution is 5.91. The van der Waals surface area contributed by atoms with Gasteiger partial charge in [0.05, 0.1) is 27.9 Å². The molecule has 0 atom stereocenters. The first-order valence-electron chi connectivity index (χ1n) is 22.2. The zero-order valence-electron chi connectivity index (χ0n) is 36.5. The van der Waals surface area contributed by atoms with Crippen molar-refractivity contribution in [2.45, 2.75) is 27.2 Å². The third kappa shape index (κ3) is 8.68. The molecule has 1 aliphatic rings. The minimum Gasteiger partial charge on any atom is -0.311 e. The molecule has 0 radical (unpaired) electrons. The highest BCUT2D eigenvalue weighted by Gasteiger charge is 2.18. The van der Waals surface area contributed by atoms with Gasteiger partial charge in [-0.3, -0.25) is 0 Å². The standard InChI is InChI=1S/C58H44N4.C2H6/c1-2-42(43-18-8-3-4-9-19-43)28-34-53-41-48-40-47(44-20-10-5-11-21-44)31-39-56(48)62(53)52-37-35-51(36-38-52)61(49-24-14-7-15-25-49)50-32-29-46(30-33-50)58-57(45-22-12-6-13-23-45)59-54-26-16-17-27-55(54)60-58;1-2/h2-18,20-41H,19H2,1H3;1-2H3/b34-28-,42-2+;. The van der Waals surface area contributed by atoms with Gasteiger partial charge in [-0.1, -0.05) is 166 Å². The number of benzene rings is 7. The first-order valence-corrected chi connectivity index (χ1v) is 22.2. The maximum absolute atomic E-state index is 5.16. The van der Waals surface area contributed by atoms with Crippen molar-refractivity contribution >= 4 is 45.1 Å². The summed E-state index contributed by atoms with van der Waals surface area (Å²) in [5.74, 6) is 0. The lowest BCUT2D eigenvalue weighted by Gasteiger charge is -2.26. The SMILES string of the molecule is C/C=C(\C=C/c1cc2cc(-c3ccccc3)ccc2n1-c1ccc(N(c2ccccc2)c2ccc(-c3nc4ccccc4nc3-c3ccccc3)cc2)cc1)C1=CC=CC=CC1.CC. The van der Waals surface area contributed by atoms with Gasteiger partial charge in [0.1, 0.15) is 0 Å². The number of nitrogens with zero attached hydrogens (tertiary/aromatic N) is 4. The Bertz CT molecular complexity index is 3170. The Labute approximate surface area is 376 Å². The van der Waals surface area contributed by atoms with E-state index in [0.29, 0.717) is 0 Å². The Balaban J connectivity index is 0.00000256. The third-order valence-electron chi connectivity index (χ3n) is 11.4. The molecule has 0 spiro atoms. The molecule has 10 rings (SSSR count). The topological polar surface area (TPSA) is 34.0 Å². The molecule has 0 aliphatic heterocycles. The maximum atomic E-state index is 5.16. The Hall–Kier alpha value is -8.08. The summed E-state index contributed by atoms with van der Waals surface area (Å²) in [4.78, 5) is 12.6. The van der Waals surface area contributed by atoms with Gasteiger partial charge in [0.25, 0.3) is 0 Å². The zero-order chi connectivity index (χ0) is 43.7. The number of aromatic nitrogens is 3. The average Bonchev–Trinajstić information content (AvgIpc) is 3.51. The smallest absolute Gasteiger partial charge is 0.0973 e. The van der Waals surface area contributed by atoms with E-state index in [1.807, 2.05) is 56.3 Å². The Morgan fingerprint density at radius 2 is 1.08 bits per heavy atom. The Morgan fingerprint density at radius 3 is 1.72 bits per heavy atom. The average molecular weight is 827 g/mol. The fraction of sp³-hybridized carbons (Fsp3) is 0.0667. The molecule has 0 unspecified atom stereocenters. The fourth-order valence-corrected chi connectivity index (χ4v) is 8.36. The number of hydrogen-bond acceptors (Lipinski definition) is 3. The van der Waals surface area contributed by atoms with E-state index in [0.717, 1.165) is 73.9 Å². The number of anilines is 3. The van der Waals surface area contributed by atoms with Gasteiger partial charge in [-0.05, 0) is 121 Å². The predicted molar refractivity (Wildman–Crippen MR) is 272 cm³/mol. The lowest BCUT2D eigenvalue weighted by molar-refractivity contribution is 1.10. The van der Waals surface area contributed by atoms with Crippen molar-refractivity contribution in [3.8, 4) is 39.3 Å². The number of fused-ring (bicyclic) bond motifs is 2. The van der Waals surface area contributed by atoms with E-state index in [1.54, 1.807) is 0 Å². The molecule has 0 saturated heterocycles. The second kappa shape index (κ2) is 19.3. The van der Waals surface area contributed by atoms with Crippen LogP contribution in [0.1, 0.15) is 32.9 Å². The molecule has 64 heavy (non-hydrogen) atoms. The van der Waals surface area contributed by atoms with Crippen molar-refractivity contribution in [1.82, 2.24) is 14.5 Å². The first-order chi connectivity index (χ1) is 31.7. The molecule has 0 saturated carbocycles. The maximum Gasteiger partial charge on any atom is 0.0973 e. The van der Waals surface area contributed by atoms with Crippen LogP contribution in [-0.4, -0.2) is 14.5 Å². The molecule has 0 amide bonds. The molecule has 310 valence electrons. The van der Waals surface area contributed by atoms with Gasteiger partial charge in [-0.2, -0.15) is 0 Å². The fourth-order valence-electron chi connectivity index (χ4n) is 8.36. The van der Waals surface area contributed by atoms with Gasteiger partial charge in [-0.15, -0.1) is 0 Å². The summed E-state index contributed by atoms with van der Waals surface area (Å²) in [5.41, 5.74) is 17.0. The lowest BCUT2D eigenvalue weighted by Crippen LogP contribution is -2.10. The number of hydrogen-bond donors (Lipinski definition) is 0. The molecule has 4 nitrogen and oxygen atoms in total. The second-order valence-corrected chi connectivity index (χ2v) is 15.3. The monoisotopic (exact) mass is 826 g/mol.